The maximum Gasteiger partial charge on any atom is 0.257 e. The van der Waals surface area contributed by atoms with Crippen molar-refractivity contribution < 1.29 is 19.1 Å². The molecule has 1 amide bonds. The van der Waals surface area contributed by atoms with E-state index in [1.807, 2.05) is 26.7 Å². The second-order valence-corrected chi connectivity index (χ2v) is 9.39. The van der Waals surface area contributed by atoms with Crippen LogP contribution in [0, 0.1) is 17.8 Å². The third-order valence-electron chi connectivity index (χ3n) is 5.50. The van der Waals surface area contributed by atoms with E-state index in [1.165, 1.54) is 23.3 Å². The van der Waals surface area contributed by atoms with Crippen LogP contribution in [0.5, 0.6) is 0 Å². The van der Waals surface area contributed by atoms with Crippen LogP contribution in [0.2, 0.25) is 0 Å². The average molecular weight is 514 g/mol. The number of hydrogen-bond donors (Lipinski definition) is 2. The average Bonchev–Trinajstić information content (AvgIpc) is 2.87. The highest BCUT2D eigenvalue weighted by molar-refractivity contribution is 5.96. The number of alkyl halides is 1. The number of benzene rings is 1. The van der Waals surface area contributed by atoms with E-state index in [2.05, 4.69) is 70.7 Å². The highest BCUT2D eigenvalue weighted by Gasteiger charge is 2.48. The van der Waals surface area contributed by atoms with Crippen LogP contribution in [0.4, 0.5) is 4.39 Å². The molecule has 1 aromatic carbocycles. The van der Waals surface area contributed by atoms with Crippen LogP contribution in [-0.4, -0.2) is 29.6 Å². The van der Waals surface area contributed by atoms with Crippen LogP contribution < -0.4 is 5.73 Å². The first-order chi connectivity index (χ1) is 17.2. The van der Waals surface area contributed by atoms with Gasteiger partial charge in [-0.1, -0.05) is 96.7 Å². The van der Waals surface area contributed by atoms with E-state index >= 15 is 0 Å². The number of hydrogen-bond acceptors (Lipinski definition) is 3. The lowest BCUT2D eigenvalue weighted by atomic mass is 9.61. The quantitative estimate of drug-likeness (QED) is 0.225. The summed E-state index contributed by atoms with van der Waals surface area (Å²) in [4.78, 5) is 18.3. The van der Waals surface area contributed by atoms with Crippen LogP contribution in [0.25, 0.3) is 11.6 Å². The molecule has 1 saturated carbocycles. The summed E-state index contributed by atoms with van der Waals surface area (Å²) < 4.78 is 13.1. The summed E-state index contributed by atoms with van der Waals surface area (Å²) in [6.07, 6.45) is 13.5. The van der Waals surface area contributed by atoms with Gasteiger partial charge in [0.25, 0.3) is 5.91 Å². The van der Waals surface area contributed by atoms with Crippen LogP contribution in [0.15, 0.2) is 61.7 Å². The zero-order valence-electron chi connectivity index (χ0n) is 23.8. The molecule has 1 aromatic rings. The molecular formula is C32H48FNO3. The first kappa shape index (κ1) is 38.3. The van der Waals surface area contributed by atoms with E-state index in [1.54, 1.807) is 6.92 Å². The lowest BCUT2D eigenvalue weighted by Crippen LogP contribution is -2.44. The molecule has 206 valence electrons. The summed E-state index contributed by atoms with van der Waals surface area (Å²) in [6, 6.07) is 8.29. The van der Waals surface area contributed by atoms with E-state index in [-0.39, 0.29) is 17.1 Å². The number of allylic oxidation sites excluding steroid dienone is 3. The highest BCUT2D eigenvalue weighted by Crippen LogP contribution is 2.51. The Balaban J connectivity index is -0.000000422. The predicted octanol–water partition coefficient (Wildman–Crippen LogP) is 7.49. The number of carbonyl (C=O) groups excluding carboxylic acids is 2. The van der Waals surface area contributed by atoms with Gasteiger partial charge in [-0.2, -0.15) is 0 Å². The molecule has 0 bridgehead atoms. The Morgan fingerprint density at radius 2 is 1.65 bits per heavy atom. The van der Waals surface area contributed by atoms with Crippen molar-refractivity contribution in [3.63, 3.8) is 0 Å². The molecule has 3 N–H and O–H groups in total. The number of aliphatic hydroxyl groups is 1. The molecule has 4 nitrogen and oxygen atoms in total. The van der Waals surface area contributed by atoms with Gasteiger partial charge in [-0.15, -0.1) is 6.42 Å². The molecule has 0 heterocycles. The minimum atomic E-state index is -0.802. The standard InChI is InChI=1S/C12H14.C8H15F.C7H7NO.C4H10O.CH2O/c1-4-10(3)12-8-6-11(5-2)7-9-12;1-4-8(9)5-7(2,3)6-8;1-3-5-6(4-2)7(8)9;1-3-4(2)5;1-2/h5-9H,2-4H2,1H3;4-6H2,1-3H3;2-3,5H,1H2,(H2,8,9);4-5H,3H2,1-2H3;1H2/b;;6-5+;;. The maximum atomic E-state index is 13.1. The Labute approximate surface area is 225 Å². The molecule has 1 fully saturated rings. The van der Waals surface area contributed by atoms with E-state index in [0.29, 0.717) is 6.42 Å². The largest absolute Gasteiger partial charge is 0.393 e. The number of nitrogens with two attached hydrogens (primary N) is 1. The van der Waals surface area contributed by atoms with Gasteiger partial charge in [0.2, 0.25) is 0 Å². The minimum Gasteiger partial charge on any atom is -0.393 e. The van der Waals surface area contributed by atoms with Crippen molar-refractivity contribution in [1.29, 1.82) is 0 Å². The molecule has 1 atom stereocenters. The second-order valence-electron chi connectivity index (χ2n) is 9.39. The fraction of sp³-hybridized carbons (Fsp3) is 0.438. The van der Waals surface area contributed by atoms with Crippen molar-refractivity contribution in [2.24, 2.45) is 11.1 Å². The van der Waals surface area contributed by atoms with Gasteiger partial charge in [-0.05, 0) is 67.2 Å². The number of rotatable bonds is 7. The highest BCUT2D eigenvalue weighted by atomic mass is 19.1. The summed E-state index contributed by atoms with van der Waals surface area (Å²) in [5, 5.41) is 8.36. The molecule has 0 radical (unpaired) electrons. The fourth-order valence-electron chi connectivity index (χ4n) is 3.29. The van der Waals surface area contributed by atoms with Crippen LogP contribution >= 0.6 is 0 Å². The summed E-state index contributed by atoms with van der Waals surface area (Å²) in [5.74, 6) is 1.52. The summed E-state index contributed by atoms with van der Waals surface area (Å²) in [6.45, 7) is 25.0. The zero-order valence-corrected chi connectivity index (χ0v) is 23.8. The van der Waals surface area contributed by atoms with Crippen molar-refractivity contribution in [3.05, 3.63) is 72.9 Å². The van der Waals surface area contributed by atoms with Gasteiger partial charge in [0.05, 0.1) is 11.7 Å². The minimum absolute atomic E-state index is 0.116. The number of carbonyl (C=O) groups is 2. The number of primary amides is 1. The first-order valence-corrected chi connectivity index (χ1v) is 12.4. The monoisotopic (exact) mass is 513 g/mol. The van der Waals surface area contributed by atoms with Crippen molar-refractivity contribution in [2.45, 2.75) is 85.4 Å². The van der Waals surface area contributed by atoms with Gasteiger partial charge >= 0.3 is 0 Å². The normalized spacial score (nSPS) is 14.7. The van der Waals surface area contributed by atoms with E-state index in [9.17, 15) is 9.18 Å². The van der Waals surface area contributed by atoms with E-state index in [0.717, 1.165) is 31.2 Å². The topological polar surface area (TPSA) is 80.4 Å². The van der Waals surface area contributed by atoms with Gasteiger partial charge in [-0.3, -0.25) is 4.79 Å². The Morgan fingerprint density at radius 1 is 1.19 bits per heavy atom. The molecule has 1 aliphatic rings. The van der Waals surface area contributed by atoms with Crippen molar-refractivity contribution in [2.75, 3.05) is 0 Å². The lowest BCUT2D eigenvalue weighted by molar-refractivity contribution is -0.114. The number of amides is 1. The molecule has 0 spiro atoms. The molecule has 0 aliphatic heterocycles. The van der Waals surface area contributed by atoms with E-state index in [4.69, 9.17) is 22.1 Å². The Hall–Kier alpha value is -3.23. The second kappa shape index (κ2) is 20.9. The van der Waals surface area contributed by atoms with Gasteiger partial charge in [0.15, 0.2) is 0 Å². The molecule has 0 aromatic heterocycles. The van der Waals surface area contributed by atoms with Crippen LogP contribution in [-0.2, 0) is 9.59 Å². The molecule has 2 rings (SSSR count). The Kier molecular flexibility index (Phi) is 21.6. The predicted molar refractivity (Wildman–Crippen MR) is 158 cm³/mol. The third kappa shape index (κ3) is 18.7. The van der Waals surface area contributed by atoms with Crippen LogP contribution in [0.1, 0.15) is 84.8 Å². The van der Waals surface area contributed by atoms with Crippen molar-refractivity contribution in [3.8, 4) is 12.3 Å². The molecule has 5 heteroatoms. The third-order valence-corrected chi connectivity index (χ3v) is 5.50. The zero-order chi connectivity index (χ0) is 29.7. The molecule has 1 aliphatic carbocycles. The Bertz CT molecular complexity index is 882. The number of halogens is 1. The molecule has 1 unspecified atom stereocenters. The molecule has 0 saturated heterocycles. The van der Waals surface area contributed by atoms with Crippen LogP contribution in [0.3, 0.4) is 0 Å². The smallest absolute Gasteiger partial charge is 0.257 e. The summed E-state index contributed by atoms with van der Waals surface area (Å²) in [5.41, 5.74) is 8.03. The Morgan fingerprint density at radius 3 is 1.84 bits per heavy atom. The number of aliphatic hydroxyl groups excluding tert-OH is 1. The van der Waals surface area contributed by atoms with E-state index < -0.39 is 11.6 Å². The molecular weight excluding hydrogens is 465 g/mol. The van der Waals surface area contributed by atoms with Gasteiger partial charge in [-0.25, -0.2) is 4.39 Å². The summed E-state index contributed by atoms with van der Waals surface area (Å²) >= 11 is 0. The SMILES string of the molecule is C#C/C(=C\C=C)C(N)=O.C=Cc1ccc(C(=C)CC)cc1.C=O.CCC(C)O.CCC1(F)CC(C)(C)C1. The van der Waals surface area contributed by atoms with Gasteiger partial charge < -0.3 is 15.6 Å². The van der Waals surface area contributed by atoms with Crippen molar-refractivity contribution >= 4 is 24.3 Å². The maximum absolute atomic E-state index is 13.1. The molecule has 37 heavy (non-hydrogen) atoms. The van der Waals surface area contributed by atoms with Crippen molar-refractivity contribution in [1.82, 2.24) is 0 Å². The van der Waals surface area contributed by atoms with Gasteiger partial charge in [0, 0.05) is 0 Å². The van der Waals surface area contributed by atoms with Gasteiger partial charge in [0.1, 0.15) is 12.5 Å². The number of terminal acetylenes is 1. The fourth-order valence-corrected chi connectivity index (χ4v) is 3.29. The summed E-state index contributed by atoms with van der Waals surface area (Å²) in [7, 11) is 0. The first-order valence-electron chi connectivity index (χ1n) is 12.4. The lowest BCUT2D eigenvalue weighted by Gasteiger charge is -2.47.